The molecule has 0 spiro atoms. The summed E-state index contributed by atoms with van der Waals surface area (Å²) in [6.07, 6.45) is 6.80. The molecule has 1 N–H and O–H groups in total. The smallest absolute Gasteiger partial charge is 0.272 e. The third-order valence-electron chi connectivity index (χ3n) is 3.69. The molecule has 3 aromatic heterocycles. The zero-order valence-corrected chi connectivity index (χ0v) is 13.1. The molecule has 1 unspecified atom stereocenters. The van der Waals surface area contributed by atoms with Crippen molar-refractivity contribution in [3.05, 3.63) is 39.0 Å². The Labute approximate surface area is 129 Å². The topological polar surface area (TPSA) is 59.3 Å². The van der Waals surface area contributed by atoms with E-state index in [1.54, 1.807) is 17.5 Å². The number of hydrogen-bond donors (Lipinski definition) is 1. The number of rotatable bonds is 2. The van der Waals surface area contributed by atoms with Gasteiger partial charge in [0.1, 0.15) is 5.69 Å². The van der Waals surface area contributed by atoms with Crippen molar-refractivity contribution >= 4 is 33.5 Å². The molecular formula is C14H14N4OS2. The van der Waals surface area contributed by atoms with Crippen LogP contribution in [-0.4, -0.2) is 20.3 Å². The van der Waals surface area contributed by atoms with Gasteiger partial charge in [0.05, 0.1) is 16.7 Å². The molecule has 108 valence electrons. The maximum absolute atomic E-state index is 12.4. The molecule has 7 heteroatoms. The van der Waals surface area contributed by atoms with Gasteiger partial charge in [-0.1, -0.05) is 0 Å². The average molecular weight is 318 g/mol. The molecule has 21 heavy (non-hydrogen) atoms. The minimum Gasteiger partial charge on any atom is -0.342 e. The second kappa shape index (κ2) is 4.92. The molecule has 3 aromatic rings. The number of aromatic nitrogens is 3. The molecule has 1 aliphatic rings. The molecule has 5 nitrogen and oxygen atoms in total. The van der Waals surface area contributed by atoms with Crippen molar-refractivity contribution in [1.29, 1.82) is 0 Å². The molecule has 1 atom stereocenters. The molecule has 0 aliphatic heterocycles. The molecule has 0 fully saturated rings. The van der Waals surface area contributed by atoms with Crippen LogP contribution in [0.2, 0.25) is 0 Å². The molecule has 1 aliphatic carbocycles. The summed E-state index contributed by atoms with van der Waals surface area (Å²) in [6, 6.07) is 0.0194. The van der Waals surface area contributed by atoms with Gasteiger partial charge >= 0.3 is 0 Å². The highest BCUT2D eigenvalue weighted by Crippen LogP contribution is 2.33. The number of carbonyl (C=O) groups is 1. The van der Waals surface area contributed by atoms with Crippen molar-refractivity contribution < 1.29 is 4.79 Å². The minimum absolute atomic E-state index is 0.0194. The van der Waals surface area contributed by atoms with Crippen LogP contribution in [0, 0.1) is 6.92 Å². The summed E-state index contributed by atoms with van der Waals surface area (Å²) in [7, 11) is 0. The van der Waals surface area contributed by atoms with Gasteiger partial charge in [0.25, 0.3) is 5.91 Å². The molecule has 0 saturated heterocycles. The number of imidazole rings is 1. The van der Waals surface area contributed by atoms with Gasteiger partial charge in [-0.2, -0.15) is 0 Å². The first-order valence-electron chi connectivity index (χ1n) is 6.90. The van der Waals surface area contributed by atoms with Crippen molar-refractivity contribution in [2.75, 3.05) is 0 Å². The van der Waals surface area contributed by atoms with Crippen LogP contribution in [0.3, 0.4) is 0 Å². The standard InChI is InChI=1S/C14H14N4OS2/c1-8-15-12-9(3-2-4-11(12)21-8)16-13(19)10-7-18-5-6-20-14(18)17-10/h5-7,9H,2-4H2,1H3,(H,16,19). The van der Waals surface area contributed by atoms with Crippen LogP contribution in [0.15, 0.2) is 17.8 Å². The first-order valence-corrected chi connectivity index (χ1v) is 8.59. The molecule has 0 radical (unpaired) electrons. The number of amides is 1. The summed E-state index contributed by atoms with van der Waals surface area (Å²) in [5, 5.41) is 6.12. The van der Waals surface area contributed by atoms with Crippen molar-refractivity contribution in [1.82, 2.24) is 19.7 Å². The molecule has 0 saturated carbocycles. The Morgan fingerprint density at radius 1 is 1.48 bits per heavy atom. The SMILES string of the molecule is Cc1nc2c(s1)CCCC2NC(=O)c1cn2ccsc2n1. The predicted octanol–water partition coefficient (Wildman–Crippen LogP) is 2.97. The Balaban J connectivity index is 1.58. The molecule has 0 bridgehead atoms. The minimum atomic E-state index is -0.116. The Morgan fingerprint density at radius 3 is 3.24 bits per heavy atom. The predicted molar refractivity (Wildman–Crippen MR) is 83.1 cm³/mol. The van der Waals surface area contributed by atoms with Crippen molar-refractivity contribution in [2.45, 2.75) is 32.2 Å². The lowest BCUT2D eigenvalue weighted by Crippen LogP contribution is -2.31. The van der Waals surface area contributed by atoms with Gasteiger partial charge in [-0.15, -0.1) is 22.7 Å². The Hall–Kier alpha value is -1.73. The third kappa shape index (κ3) is 2.26. The van der Waals surface area contributed by atoms with Crippen molar-refractivity contribution in [2.24, 2.45) is 0 Å². The summed E-state index contributed by atoms with van der Waals surface area (Å²) in [5.41, 5.74) is 1.53. The quantitative estimate of drug-likeness (QED) is 0.790. The highest BCUT2D eigenvalue weighted by atomic mass is 32.1. The van der Waals surface area contributed by atoms with E-state index in [0.29, 0.717) is 5.69 Å². The number of aryl methyl sites for hydroxylation is 2. The number of carbonyl (C=O) groups excluding carboxylic acids is 1. The highest BCUT2D eigenvalue weighted by molar-refractivity contribution is 7.15. The zero-order chi connectivity index (χ0) is 14.4. The zero-order valence-electron chi connectivity index (χ0n) is 11.5. The Bertz CT molecular complexity index is 788. The van der Waals surface area contributed by atoms with Crippen LogP contribution in [0.4, 0.5) is 0 Å². The van der Waals surface area contributed by atoms with Gasteiger partial charge in [-0.25, -0.2) is 9.97 Å². The molecule has 3 heterocycles. The maximum atomic E-state index is 12.4. The first kappa shape index (κ1) is 13.0. The van der Waals surface area contributed by atoms with Crippen LogP contribution < -0.4 is 5.32 Å². The van der Waals surface area contributed by atoms with E-state index >= 15 is 0 Å². The van der Waals surface area contributed by atoms with E-state index in [2.05, 4.69) is 15.3 Å². The van der Waals surface area contributed by atoms with E-state index in [-0.39, 0.29) is 11.9 Å². The fourth-order valence-electron chi connectivity index (χ4n) is 2.75. The normalized spacial score (nSPS) is 17.9. The van der Waals surface area contributed by atoms with Crippen LogP contribution in [0.1, 0.15) is 45.0 Å². The molecule has 0 aromatic carbocycles. The lowest BCUT2D eigenvalue weighted by molar-refractivity contribution is 0.0927. The summed E-state index contributed by atoms with van der Waals surface area (Å²) < 4.78 is 1.87. The Kier molecular flexibility index (Phi) is 3.04. The number of fused-ring (bicyclic) bond motifs is 2. The summed E-state index contributed by atoms with van der Waals surface area (Å²) in [5.74, 6) is -0.116. The largest absolute Gasteiger partial charge is 0.342 e. The molecule has 4 rings (SSSR count). The number of nitrogens with zero attached hydrogens (tertiary/aromatic N) is 3. The first-order chi connectivity index (χ1) is 10.2. The molecule has 1 amide bonds. The lowest BCUT2D eigenvalue weighted by Gasteiger charge is -2.21. The van der Waals surface area contributed by atoms with Gasteiger partial charge in [-0.3, -0.25) is 9.20 Å². The summed E-state index contributed by atoms with van der Waals surface area (Å²) in [4.78, 5) is 23.5. The van der Waals surface area contributed by atoms with Crippen molar-refractivity contribution in [3.63, 3.8) is 0 Å². The van der Waals surface area contributed by atoms with E-state index in [4.69, 9.17) is 0 Å². The summed E-state index contributed by atoms with van der Waals surface area (Å²) >= 11 is 3.27. The van der Waals surface area contributed by atoms with E-state index in [0.717, 1.165) is 34.9 Å². The number of nitrogens with one attached hydrogen (secondary N) is 1. The van der Waals surface area contributed by atoms with Crippen LogP contribution in [0.5, 0.6) is 0 Å². The number of thiazole rings is 2. The fraction of sp³-hybridized carbons (Fsp3) is 0.357. The maximum Gasteiger partial charge on any atom is 0.272 e. The van der Waals surface area contributed by atoms with E-state index in [1.165, 1.54) is 16.2 Å². The van der Waals surface area contributed by atoms with Gasteiger partial charge in [0.2, 0.25) is 0 Å². The van der Waals surface area contributed by atoms with Gasteiger partial charge in [0.15, 0.2) is 4.96 Å². The Morgan fingerprint density at radius 2 is 2.38 bits per heavy atom. The monoisotopic (exact) mass is 318 g/mol. The van der Waals surface area contributed by atoms with E-state index in [1.807, 2.05) is 22.9 Å². The second-order valence-corrected chi connectivity index (χ2v) is 7.34. The van der Waals surface area contributed by atoms with Crippen LogP contribution in [-0.2, 0) is 6.42 Å². The van der Waals surface area contributed by atoms with E-state index in [9.17, 15) is 4.79 Å². The van der Waals surface area contributed by atoms with Crippen molar-refractivity contribution in [3.8, 4) is 0 Å². The van der Waals surface area contributed by atoms with Crippen LogP contribution in [0.25, 0.3) is 4.96 Å². The van der Waals surface area contributed by atoms with Crippen LogP contribution >= 0.6 is 22.7 Å². The lowest BCUT2D eigenvalue weighted by atomic mass is 9.97. The van der Waals surface area contributed by atoms with Gasteiger partial charge in [0, 0.05) is 22.7 Å². The second-order valence-electron chi connectivity index (χ2n) is 5.18. The third-order valence-corrected chi connectivity index (χ3v) is 5.51. The highest BCUT2D eigenvalue weighted by Gasteiger charge is 2.26. The fourth-order valence-corrected chi connectivity index (χ4v) is 4.49. The van der Waals surface area contributed by atoms with E-state index < -0.39 is 0 Å². The average Bonchev–Trinajstić information content (AvgIpc) is 3.10. The van der Waals surface area contributed by atoms with Gasteiger partial charge in [-0.05, 0) is 26.2 Å². The summed E-state index contributed by atoms with van der Waals surface area (Å²) in [6.45, 7) is 2.02. The molecular weight excluding hydrogens is 304 g/mol. The number of hydrogen-bond acceptors (Lipinski definition) is 5. The van der Waals surface area contributed by atoms with Gasteiger partial charge < -0.3 is 5.32 Å².